The van der Waals surface area contributed by atoms with Crippen molar-refractivity contribution >= 4 is 33.2 Å². The first kappa shape index (κ1) is 15.3. The van der Waals surface area contributed by atoms with E-state index in [-0.39, 0.29) is 5.02 Å². The average Bonchev–Trinajstić information content (AvgIpc) is 2.43. The molecule has 0 saturated heterocycles. The molecule has 1 N–H and O–H groups in total. The third-order valence-electron chi connectivity index (χ3n) is 2.87. The van der Waals surface area contributed by atoms with Crippen molar-refractivity contribution in [1.82, 2.24) is 0 Å². The second-order valence-corrected chi connectivity index (χ2v) is 5.56. The summed E-state index contributed by atoms with van der Waals surface area (Å²) in [6.45, 7) is 1.07. The molecule has 0 saturated carbocycles. The number of nitrogens with one attached hydrogen (secondary N) is 1. The monoisotopic (exact) mass is 357 g/mol. The molecule has 2 nitrogen and oxygen atoms in total. The zero-order chi connectivity index (χ0) is 14.5. The summed E-state index contributed by atoms with van der Waals surface area (Å²) < 4.78 is 19.3. The molecule has 5 heteroatoms. The van der Waals surface area contributed by atoms with Crippen LogP contribution in [0.25, 0.3) is 0 Å². The van der Waals surface area contributed by atoms with Crippen molar-refractivity contribution in [3.05, 3.63) is 62.8 Å². The normalized spacial score (nSPS) is 10.6. The molecule has 0 heterocycles. The topological polar surface area (TPSA) is 21.3 Å². The summed E-state index contributed by atoms with van der Waals surface area (Å²) in [5, 5.41) is 3.45. The number of anilines is 1. The predicted octanol–water partition coefficient (Wildman–Crippen LogP) is 5.00. The lowest BCUT2D eigenvalue weighted by molar-refractivity contribution is 0.185. The summed E-state index contributed by atoms with van der Waals surface area (Å²) in [5.41, 5.74) is 2.93. The van der Waals surface area contributed by atoms with Crippen molar-refractivity contribution in [1.29, 1.82) is 0 Å². The van der Waals surface area contributed by atoms with Crippen LogP contribution in [0, 0.1) is 5.82 Å². The fraction of sp³-hybridized carbons (Fsp3) is 0.200. The molecule has 106 valence electrons. The quantitative estimate of drug-likeness (QED) is 0.812. The molecule has 2 rings (SSSR count). The molecule has 0 aliphatic rings. The third kappa shape index (κ3) is 3.72. The highest BCUT2D eigenvalue weighted by Gasteiger charge is 2.07. The van der Waals surface area contributed by atoms with Crippen LogP contribution < -0.4 is 5.32 Å². The predicted molar refractivity (Wildman–Crippen MR) is 83.6 cm³/mol. The van der Waals surface area contributed by atoms with Crippen LogP contribution in [0.4, 0.5) is 10.1 Å². The van der Waals surface area contributed by atoms with Gasteiger partial charge in [-0.1, -0.05) is 39.7 Å². The standard InChI is InChI=1S/C15H14BrClFNO/c1-20-9-11-12(16)3-2-4-15(11)19-8-10-5-6-14(18)13(17)7-10/h2-7,19H,8-9H2,1H3. The van der Waals surface area contributed by atoms with E-state index >= 15 is 0 Å². The van der Waals surface area contributed by atoms with Crippen molar-refractivity contribution in [3.63, 3.8) is 0 Å². The maximum atomic E-state index is 13.1. The molecule has 2 aromatic rings. The fourth-order valence-corrected chi connectivity index (χ4v) is 2.55. The van der Waals surface area contributed by atoms with Gasteiger partial charge < -0.3 is 10.1 Å². The van der Waals surface area contributed by atoms with Gasteiger partial charge in [0.25, 0.3) is 0 Å². The molecule has 0 amide bonds. The molecule has 2 aromatic carbocycles. The van der Waals surface area contributed by atoms with Crippen LogP contribution in [0.1, 0.15) is 11.1 Å². The van der Waals surface area contributed by atoms with Crippen LogP contribution in [-0.2, 0) is 17.9 Å². The van der Waals surface area contributed by atoms with Gasteiger partial charge in [0.15, 0.2) is 0 Å². The number of ether oxygens (including phenoxy) is 1. The average molecular weight is 359 g/mol. The van der Waals surface area contributed by atoms with Gasteiger partial charge in [-0.25, -0.2) is 4.39 Å². The van der Waals surface area contributed by atoms with E-state index in [1.807, 2.05) is 18.2 Å². The first-order valence-electron chi connectivity index (χ1n) is 6.06. The van der Waals surface area contributed by atoms with Crippen LogP contribution in [0.15, 0.2) is 40.9 Å². The Bertz CT molecular complexity index is 606. The number of halogens is 3. The van der Waals surface area contributed by atoms with Gasteiger partial charge in [-0.3, -0.25) is 0 Å². The van der Waals surface area contributed by atoms with E-state index in [1.54, 1.807) is 19.2 Å². The second-order valence-electron chi connectivity index (χ2n) is 4.30. The molecular weight excluding hydrogens is 345 g/mol. The number of hydrogen-bond donors (Lipinski definition) is 1. The number of hydrogen-bond acceptors (Lipinski definition) is 2. The Kier molecular flexibility index (Phi) is 5.40. The Balaban J connectivity index is 2.14. The van der Waals surface area contributed by atoms with Crippen molar-refractivity contribution in [2.45, 2.75) is 13.2 Å². The zero-order valence-corrected chi connectivity index (χ0v) is 13.3. The maximum Gasteiger partial charge on any atom is 0.141 e. The lowest BCUT2D eigenvalue weighted by atomic mass is 10.1. The minimum absolute atomic E-state index is 0.135. The number of methoxy groups -OCH3 is 1. The Morgan fingerprint density at radius 1 is 1.30 bits per heavy atom. The minimum Gasteiger partial charge on any atom is -0.381 e. The highest BCUT2D eigenvalue weighted by molar-refractivity contribution is 9.10. The lowest BCUT2D eigenvalue weighted by Crippen LogP contribution is -2.04. The summed E-state index contributed by atoms with van der Waals surface area (Å²) in [6.07, 6.45) is 0. The van der Waals surface area contributed by atoms with Crippen molar-refractivity contribution in [2.24, 2.45) is 0 Å². The lowest BCUT2D eigenvalue weighted by Gasteiger charge is -2.13. The van der Waals surface area contributed by atoms with Gasteiger partial charge in [-0.15, -0.1) is 0 Å². The van der Waals surface area contributed by atoms with E-state index in [0.29, 0.717) is 13.2 Å². The first-order valence-corrected chi connectivity index (χ1v) is 7.23. The Morgan fingerprint density at radius 2 is 2.10 bits per heavy atom. The van der Waals surface area contributed by atoms with Gasteiger partial charge in [0.2, 0.25) is 0 Å². The van der Waals surface area contributed by atoms with E-state index in [4.69, 9.17) is 16.3 Å². The van der Waals surface area contributed by atoms with Crippen molar-refractivity contribution in [3.8, 4) is 0 Å². The van der Waals surface area contributed by atoms with Crippen LogP contribution in [0.2, 0.25) is 5.02 Å². The fourth-order valence-electron chi connectivity index (χ4n) is 1.86. The summed E-state index contributed by atoms with van der Waals surface area (Å²) in [4.78, 5) is 0. The van der Waals surface area contributed by atoms with Crippen LogP contribution in [0.3, 0.4) is 0 Å². The molecule has 0 atom stereocenters. The van der Waals surface area contributed by atoms with Gasteiger partial charge in [-0.05, 0) is 29.8 Å². The first-order chi connectivity index (χ1) is 9.61. The second kappa shape index (κ2) is 7.07. The molecule has 0 aliphatic carbocycles. The molecule has 0 bridgehead atoms. The van der Waals surface area contributed by atoms with Gasteiger partial charge in [-0.2, -0.15) is 0 Å². The summed E-state index contributed by atoms with van der Waals surface area (Å²) in [5.74, 6) is -0.405. The smallest absolute Gasteiger partial charge is 0.141 e. The van der Waals surface area contributed by atoms with E-state index in [2.05, 4.69) is 21.2 Å². The third-order valence-corrected chi connectivity index (χ3v) is 3.91. The summed E-state index contributed by atoms with van der Waals surface area (Å²) >= 11 is 9.28. The van der Waals surface area contributed by atoms with E-state index in [9.17, 15) is 4.39 Å². The Hall–Kier alpha value is -1.10. The Morgan fingerprint density at radius 3 is 2.80 bits per heavy atom. The van der Waals surface area contributed by atoms with Gasteiger partial charge in [0.05, 0.1) is 11.6 Å². The van der Waals surface area contributed by atoms with Crippen LogP contribution in [0.5, 0.6) is 0 Å². The molecule has 0 radical (unpaired) electrons. The zero-order valence-electron chi connectivity index (χ0n) is 10.9. The van der Waals surface area contributed by atoms with E-state index in [1.165, 1.54) is 6.07 Å². The minimum atomic E-state index is -0.405. The number of benzene rings is 2. The van der Waals surface area contributed by atoms with Crippen molar-refractivity contribution in [2.75, 3.05) is 12.4 Å². The van der Waals surface area contributed by atoms with Crippen LogP contribution in [-0.4, -0.2) is 7.11 Å². The van der Waals surface area contributed by atoms with Gasteiger partial charge in [0, 0.05) is 29.4 Å². The summed E-state index contributed by atoms with van der Waals surface area (Å²) in [7, 11) is 1.66. The highest BCUT2D eigenvalue weighted by Crippen LogP contribution is 2.26. The maximum absolute atomic E-state index is 13.1. The van der Waals surface area contributed by atoms with Crippen molar-refractivity contribution < 1.29 is 9.13 Å². The molecule has 20 heavy (non-hydrogen) atoms. The molecule has 0 fully saturated rings. The SMILES string of the molecule is COCc1c(Br)cccc1NCc1ccc(F)c(Cl)c1. The van der Waals surface area contributed by atoms with Gasteiger partial charge >= 0.3 is 0 Å². The van der Waals surface area contributed by atoms with Gasteiger partial charge in [0.1, 0.15) is 5.82 Å². The molecule has 0 unspecified atom stereocenters. The molecule has 0 spiro atoms. The van der Waals surface area contributed by atoms with Crippen LogP contribution >= 0.6 is 27.5 Å². The molecule has 0 aliphatic heterocycles. The molecular formula is C15H14BrClFNO. The largest absolute Gasteiger partial charge is 0.381 e. The Labute approximate surface area is 131 Å². The number of rotatable bonds is 5. The summed E-state index contributed by atoms with van der Waals surface area (Å²) in [6, 6.07) is 10.6. The van der Waals surface area contributed by atoms with E-state index in [0.717, 1.165) is 21.3 Å². The van der Waals surface area contributed by atoms with E-state index < -0.39 is 5.82 Å². The molecule has 0 aromatic heterocycles. The highest BCUT2D eigenvalue weighted by atomic mass is 79.9.